The third-order valence-electron chi connectivity index (χ3n) is 2.61. The number of carbonyl (C=O) groups excluding carboxylic acids is 1. The van der Waals surface area contributed by atoms with Crippen LogP contribution in [0.3, 0.4) is 0 Å². The monoisotopic (exact) mass is 201 g/mol. The molecule has 0 bridgehead atoms. The van der Waals surface area contributed by atoms with E-state index in [9.17, 15) is 4.79 Å². The van der Waals surface area contributed by atoms with Crippen LogP contribution < -0.4 is 5.32 Å². The molecule has 2 atom stereocenters. The van der Waals surface area contributed by atoms with Gasteiger partial charge in [0.15, 0.2) is 0 Å². The highest BCUT2D eigenvalue weighted by atomic mass is 32.2. The molecule has 1 saturated heterocycles. The molecule has 2 unspecified atom stereocenters. The molecule has 0 radical (unpaired) electrons. The van der Waals surface area contributed by atoms with Crippen LogP contribution in [0.1, 0.15) is 12.8 Å². The lowest BCUT2D eigenvalue weighted by atomic mass is 10.0. The highest BCUT2D eigenvalue weighted by Crippen LogP contribution is 2.29. The third-order valence-corrected chi connectivity index (χ3v) is 3.80. The van der Waals surface area contributed by atoms with Crippen molar-refractivity contribution in [2.45, 2.75) is 24.9 Å². The summed E-state index contributed by atoms with van der Waals surface area (Å²) in [7, 11) is 1.47. The lowest BCUT2D eigenvalue weighted by molar-refractivity contribution is -0.145. The number of esters is 1. The zero-order valence-electron chi connectivity index (χ0n) is 7.79. The summed E-state index contributed by atoms with van der Waals surface area (Å²) < 4.78 is 4.77. The van der Waals surface area contributed by atoms with Crippen molar-refractivity contribution in [1.29, 1.82) is 0 Å². The Morgan fingerprint density at radius 1 is 1.46 bits per heavy atom. The van der Waals surface area contributed by atoms with Crippen LogP contribution in [0.5, 0.6) is 0 Å². The number of ether oxygens (including phenoxy) is 1. The maximum Gasteiger partial charge on any atom is 0.311 e. The molecule has 4 heteroatoms. The Morgan fingerprint density at radius 3 is 2.85 bits per heavy atom. The fraction of sp³-hybridized carbons (Fsp3) is 0.889. The van der Waals surface area contributed by atoms with Gasteiger partial charge in [-0.25, -0.2) is 0 Å². The molecule has 2 fully saturated rings. The standard InChI is InChI=1S/C9H15NO2S/c1-12-9(11)7-4-13-5-8(7)10-6-2-3-6/h6-8,10H,2-5H2,1H3. The van der Waals surface area contributed by atoms with Crippen molar-refractivity contribution in [3.05, 3.63) is 0 Å². The Bertz CT molecular complexity index is 206. The van der Waals surface area contributed by atoms with Gasteiger partial charge in [-0.2, -0.15) is 11.8 Å². The Morgan fingerprint density at radius 2 is 2.23 bits per heavy atom. The second kappa shape index (κ2) is 3.88. The zero-order chi connectivity index (χ0) is 9.26. The molecule has 0 aromatic heterocycles. The van der Waals surface area contributed by atoms with Crippen LogP contribution in [0.4, 0.5) is 0 Å². The molecule has 0 spiro atoms. The molecule has 1 aliphatic heterocycles. The SMILES string of the molecule is COC(=O)C1CSCC1NC1CC1. The van der Waals surface area contributed by atoms with E-state index in [0.717, 1.165) is 11.5 Å². The smallest absolute Gasteiger partial charge is 0.311 e. The van der Waals surface area contributed by atoms with Crippen molar-refractivity contribution < 1.29 is 9.53 Å². The molecule has 74 valence electrons. The summed E-state index contributed by atoms with van der Waals surface area (Å²) in [5.41, 5.74) is 0. The number of thioether (sulfide) groups is 1. The molecule has 0 amide bonds. The van der Waals surface area contributed by atoms with Crippen molar-refractivity contribution in [1.82, 2.24) is 5.32 Å². The van der Waals surface area contributed by atoms with Gasteiger partial charge in [0.25, 0.3) is 0 Å². The maximum atomic E-state index is 11.4. The van der Waals surface area contributed by atoms with E-state index in [2.05, 4.69) is 5.32 Å². The lowest BCUT2D eigenvalue weighted by Crippen LogP contribution is -2.40. The molecule has 1 saturated carbocycles. The highest BCUT2D eigenvalue weighted by molar-refractivity contribution is 7.99. The van der Waals surface area contributed by atoms with E-state index in [-0.39, 0.29) is 11.9 Å². The Labute approximate surface area is 82.6 Å². The summed E-state index contributed by atoms with van der Waals surface area (Å²) in [6.45, 7) is 0. The number of carbonyl (C=O) groups is 1. The molecule has 2 rings (SSSR count). The van der Waals surface area contributed by atoms with Crippen LogP contribution >= 0.6 is 11.8 Å². The van der Waals surface area contributed by atoms with Crippen LogP contribution in [0.2, 0.25) is 0 Å². The van der Waals surface area contributed by atoms with E-state index in [4.69, 9.17) is 4.74 Å². The van der Waals surface area contributed by atoms with Crippen LogP contribution in [-0.2, 0) is 9.53 Å². The van der Waals surface area contributed by atoms with E-state index in [1.807, 2.05) is 11.8 Å². The fourth-order valence-corrected chi connectivity index (χ4v) is 3.00. The van der Waals surface area contributed by atoms with Crippen molar-refractivity contribution in [3.8, 4) is 0 Å². The number of hydrogen-bond donors (Lipinski definition) is 1. The van der Waals surface area contributed by atoms with Crippen molar-refractivity contribution in [3.63, 3.8) is 0 Å². The average molecular weight is 201 g/mol. The van der Waals surface area contributed by atoms with E-state index in [1.54, 1.807) is 0 Å². The number of nitrogens with one attached hydrogen (secondary N) is 1. The first-order chi connectivity index (χ1) is 6.31. The first-order valence-electron chi connectivity index (χ1n) is 4.73. The van der Waals surface area contributed by atoms with Gasteiger partial charge < -0.3 is 10.1 Å². The zero-order valence-corrected chi connectivity index (χ0v) is 8.60. The van der Waals surface area contributed by atoms with Crippen molar-refractivity contribution in [2.24, 2.45) is 5.92 Å². The molecular formula is C9H15NO2S. The maximum absolute atomic E-state index is 11.4. The van der Waals surface area contributed by atoms with E-state index in [0.29, 0.717) is 12.1 Å². The Kier molecular flexibility index (Phi) is 2.79. The molecule has 2 aliphatic rings. The minimum Gasteiger partial charge on any atom is -0.469 e. The van der Waals surface area contributed by atoms with Gasteiger partial charge in [0.1, 0.15) is 0 Å². The van der Waals surface area contributed by atoms with Gasteiger partial charge in [0.05, 0.1) is 13.0 Å². The van der Waals surface area contributed by atoms with Crippen molar-refractivity contribution >= 4 is 17.7 Å². The number of methoxy groups -OCH3 is 1. The largest absolute Gasteiger partial charge is 0.469 e. The summed E-state index contributed by atoms with van der Waals surface area (Å²) in [5, 5.41) is 3.50. The van der Waals surface area contributed by atoms with Crippen LogP contribution in [-0.4, -0.2) is 36.7 Å². The van der Waals surface area contributed by atoms with Crippen LogP contribution in [0, 0.1) is 5.92 Å². The summed E-state index contributed by atoms with van der Waals surface area (Å²) in [6, 6.07) is 1.03. The Balaban J connectivity index is 1.88. The quantitative estimate of drug-likeness (QED) is 0.680. The topological polar surface area (TPSA) is 38.3 Å². The molecular weight excluding hydrogens is 186 g/mol. The second-order valence-electron chi connectivity index (χ2n) is 3.71. The summed E-state index contributed by atoms with van der Waals surface area (Å²) >= 11 is 1.84. The molecule has 13 heavy (non-hydrogen) atoms. The predicted molar refractivity (Wildman–Crippen MR) is 52.8 cm³/mol. The van der Waals surface area contributed by atoms with Gasteiger partial charge in [-0.05, 0) is 12.8 Å². The summed E-state index contributed by atoms with van der Waals surface area (Å²) in [6.07, 6.45) is 2.55. The van der Waals surface area contributed by atoms with Gasteiger partial charge in [0, 0.05) is 23.6 Å². The number of rotatable bonds is 3. The molecule has 1 heterocycles. The first kappa shape index (κ1) is 9.34. The third kappa shape index (κ3) is 2.17. The van der Waals surface area contributed by atoms with E-state index < -0.39 is 0 Å². The fourth-order valence-electron chi connectivity index (χ4n) is 1.65. The average Bonchev–Trinajstić information content (AvgIpc) is 2.82. The molecule has 3 nitrogen and oxygen atoms in total. The molecule has 0 aromatic carbocycles. The minimum absolute atomic E-state index is 0.0526. The first-order valence-corrected chi connectivity index (χ1v) is 5.88. The van der Waals surface area contributed by atoms with Gasteiger partial charge in [-0.1, -0.05) is 0 Å². The highest BCUT2D eigenvalue weighted by Gasteiger charge is 2.37. The number of hydrogen-bond acceptors (Lipinski definition) is 4. The molecule has 0 aromatic rings. The lowest BCUT2D eigenvalue weighted by Gasteiger charge is -2.17. The Hall–Kier alpha value is -0.220. The molecule has 1 N–H and O–H groups in total. The normalized spacial score (nSPS) is 33.3. The van der Waals surface area contributed by atoms with Crippen molar-refractivity contribution in [2.75, 3.05) is 18.6 Å². The second-order valence-corrected chi connectivity index (χ2v) is 4.79. The van der Waals surface area contributed by atoms with E-state index >= 15 is 0 Å². The molecule has 1 aliphatic carbocycles. The van der Waals surface area contributed by atoms with Gasteiger partial charge in [-0.15, -0.1) is 0 Å². The summed E-state index contributed by atoms with van der Waals surface area (Å²) in [5.74, 6) is 1.99. The van der Waals surface area contributed by atoms with Gasteiger partial charge in [-0.3, -0.25) is 4.79 Å². The van der Waals surface area contributed by atoms with Gasteiger partial charge in [0.2, 0.25) is 0 Å². The van der Waals surface area contributed by atoms with Crippen LogP contribution in [0.15, 0.2) is 0 Å². The van der Waals surface area contributed by atoms with Gasteiger partial charge >= 0.3 is 5.97 Å². The van der Waals surface area contributed by atoms with Crippen LogP contribution in [0.25, 0.3) is 0 Å². The summed E-state index contributed by atoms with van der Waals surface area (Å²) in [4.78, 5) is 11.4. The predicted octanol–water partition coefficient (Wildman–Crippen LogP) is 0.643. The minimum atomic E-state index is -0.0526. The van der Waals surface area contributed by atoms with E-state index in [1.165, 1.54) is 20.0 Å².